The number of carbonyl (C=O) groups excluding carboxylic acids is 1. The molecule has 1 aromatic carbocycles. The summed E-state index contributed by atoms with van der Waals surface area (Å²) in [5.74, 6) is -0.281. The van der Waals surface area contributed by atoms with E-state index in [9.17, 15) is 18.0 Å². The molecule has 0 aliphatic carbocycles. The topological polar surface area (TPSA) is 34.0 Å². The van der Waals surface area contributed by atoms with Crippen LogP contribution in [-0.4, -0.2) is 10.5 Å². The molecule has 1 N–H and O–H groups in total. The zero-order valence-corrected chi connectivity index (χ0v) is 15.3. The van der Waals surface area contributed by atoms with Crippen LogP contribution in [0.2, 0.25) is 0 Å². The highest BCUT2D eigenvalue weighted by molar-refractivity contribution is 7.19. The summed E-state index contributed by atoms with van der Waals surface area (Å²) in [4.78, 5) is 13.8. The quantitative estimate of drug-likeness (QED) is 0.634. The minimum Gasteiger partial charge on any atom is -0.347 e. The van der Waals surface area contributed by atoms with Gasteiger partial charge in [-0.1, -0.05) is 19.1 Å². The van der Waals surface area contributed by atoms with Crippen LogP contribution in [-0.2, 0) is 19.3 Å². The summed E-state index contributed by atoms with van der Waals surface area (Å²) in [5, 5.41) is 2.74. The second kappa shape index (κ2) is 7.15. The van der Waals surface area contributed by atoms with Gasteiger partial charge in [-0.05, 0) is 43.2 Å². The number of amides is 1. The Balaban J connectivity index is 1.79. The van der Waals surface area contributed by atoms with Crippen molar-refractivity contribution in [1.82, 2.24) is 9.88 Å². The van der Waals surface area contributed by atoms with Crippen LogP contribution < -0.4 is 5.32 Å². The molecule has 0 spiro atoms. The molecule has 2 heterocycles. The lowest BCUT2D eigenvalue weighted by atomic mass is 10.1. The Hall–Kier alpha value is -2.28. The Morgan fingerprint density at radius 3 is 2.69 bits per heavy atom. The molecule has 0 aliphatic heterocycles. The second-order valence-electron chi connectivity index (χ2n) is 6.17. The molecule has 0 unspecified atom stereocenters. The van der Waals surface area contributed by atoms with Crippen molar-refractivity contribution in [2.24, 2.45) is 0 Å². The summed E-state index contributed by atoms with van der Waals surface area (Å²) in [6.45, 7) is 4.82. The Bertz CT molecular complexity index is 940. The molecule has 2 aromatic heterocycles. The third-order valence-electron chi connectivity index (χ3n) is 4.10. The van der Waals surface area contributed by atoms with E-state index >= 15 is 0 Å². The van der Waals surface area contributed by atoms with Crippen LogP contribution in [0.25, 0.3) is 10.2 Å². The molecule has 3 aromatic rings. The molecule has 7 heteroatoms. The first-order valence-electron chi connectivity index (χ1n) is 8.33. The van der Waals surface area contributed by atoms with Crippen molar-refractivity contribution in [2.75, 3.05) is 0 Å². The Morgan fingerprint density at radius 2 is 2.00 bits per heavy atom. The molecule has 0 radical (unpaired) electrons. The minimum absolute atomic E-state index is 0.0483. The molecule has 26 heavy (non-hydrogen) atoms. The van der Waals surface area contributed by atoms with Crippen LogP contribution >= 0.6 is 11.3 Å². The van der Waals surface area contributed by atoms with Crippen molar-refractivity contribution in [1.29, 1.82) is 0 Å². The summed E-state index contributed by atoms with van der Waals surface area (Å²) in [5.41, 5.74) is 1.27. The maximum atomic E-state index is 12.8. The molecule has 0 saturated heterocycles. The van der Waals surface area contributed by atoms with Crippen LogP contribution in [0.15, 0.2) is 36.4 Å². The standard InChI is InChI=1S/C19H19F3N2OS/c1-3-7-24-15-8-12(2)26-17(15)10-16(24)18(25)23-11-13-5-4-6-14(9-13)19(20,21)22/h4-6,8-10H,3,7,11H2,1-2H3,(H,23,25). The lowest BCUT2D eigenvalue weighted by Gasteiger charge is -2.11. The molecular formula is C19H19F3N2OS. The van der Waals surface area contributed by atoms with E-state index in [-0.39, 0.29) is 12.5 Å². The summed E-state index contributed by atoms with van der Waals surface area (Å²) in [6, 6.07) is 8.91. The van der Waals surface area contributed by atoms with Gasteiger partial charge >= 0.3 is 6.18 Å². The fourth-order valence-electron chi connectivity index (χ4n) is 2.95. The Labute approximate surface area is 153 Å². The summed E-state index contributed by atoms with van der Waals surface area (Å²) in [6.07, 6.45) is -3.51. The van der Waals surface area contributed by atoms with Crippen LogP contribution in [0, 0.1) is 6.92 Å². The van der Waals surface area contributed by atoms with E-state index in [2.05, 4.69) is 11.4 Å². The molecule has 1 amide bonds. The monoisotopic (exact) mass is 380 g/mol. The van der Waals surface area contributed by atoms with Gasteiger partial charge in [0.1, 0.15) is 5.69 Å². The van der Waals surface area contributed by atoms with Gasteiger partial charge in [-0.2, -0.15) is 13.2 Å². The second-order valence-corrected chi connectivity index (χ2v) is 7.46. The first kappa shape index (κ1) is 18.5. The van der Waals surface area contributed by atoms with Crippen molar-refractivity contribution >= 4 is 27.5 Å². The van der Waals surface area contributed by atoms with E-state index in [4.69, 9.17) is 0 Å². The number of hydrogen-bond acceptors (Lipinski definition) is 2. The Kier molecular flexibility index (Phi) is 5.09. The van der Waals surface area contributed by atoms with E-state index in [0.29, 0.717) is 17.8 Å². The molecule has 138 valence electrons. The van der Waals surface area contributed by atoms with Crippen LogP contribution in [0.1, 0.15) is 39.8 Å². The van der Waals surface area contributed by atoms with Crippen LogP contribution in [0.3, 0.4) is 0 Å². The fraction of sp³-hybridized carbons (Fsp3) is 0.316. The molecule has 3 rings (SSSR count). The van der Waals surface area contributed by atoms with Crippen molar-refractivity contribution in [2.45, 2.75) is 39.5 Å². The number of carbonyl (C=O) groups is 1. The fourth-order valence-corrected chi connectivity index (χ4v) is 3.91. The number of nitrogens with one attached hydrogen (secondary N) is 1. The summed E-state index contributed by atoms with van der Waals surface area (Å²) < 4.78 is 41.4. The zero-order chi connectivity index (χ0) is 18.9. The Morgan fingerprint density at radius 1 is 1.23 bits per heavy atom. The number of fused-ring (bicyclic) bond motifs is 1. The van der Waals surface area contributed by atoms with Gasteiger partial charge in [0.05, 0.1) is 15.8 Å². The number of thiophene rings is 1. The van der Waals surface area contributed by atoms with Crippen LogP contribution in [0.5, 0.6) is 0 Å². The van der Waals surface area contributed by atoms with Crippen LogP contribution in [0.4, 0.5) is 13.2 Å². The maximum Gasteiger partial charge on any atom is 0.416 e. The molecule has 0 bridgehead atoms. The average Bonchev–Trinajstić information content (AvgIpc) is 3.10. The largest absolute Gasteiger partial charge is 0.416 e. The zero-order valence-electron chi connectivity index (χ0n) is 14.5. The van der Waals surface area contributed by atoms with E-state index in [1.165, 1.54) is 10.9 Å². The highest BCUT2D eigenvalue weighted by Crippen LogP contribution is 2.30. The summed E-state index contributed by atoms with van der Waals surface area (Å²) in [7, 11) is 0. The molecule has 0 aliphatic rings. The minimum atomic E-state index is -4.39. The summed E-state index contributed by atoms with van der Waals surface area (Å²) >= 11 is 1.62. The third kappa shape index (κ3) is 3.77. The molecular weight excluding hydrogens is 361 g/mol. The highest BCUT2D eigenvalue weighted by Gasteiger charge is 2.30. The number of benzene rings is 1. The first-order chi connectivity index (χ1) is 12.3. The van der Waals surface area contributed by atoms with Crippen molar-refractivity contribution < 1.29 is 18.0 Å². The third-order valence-corrected chi connectivity index (χ3v) is 5.09. The lowest BCUT2D eigenvalue weighted by Crippen LogP contribution is -2.25. The van der Waals surface area contributed by atoms with Crippen molar-refractivity contribution in [3.8, 4) is 0 Å². The highest BCUT2D eigenvalue weighted by atomic mass is 32.1. The first-order valence-corrected chi connectivity index (χ1v) is 9.15. The number of nitrogens with zero attached hydrogens (tertiary/aromatic N) is 1. The number of halogens is 3. The van der Waals surface area contributed by atoms with E-state index in [1.807, 2.05) is 24.5 Å². The predicted molar refractivity (Wildman–Crippen MR) is 97.5 cm³/mol. The van der Waals surface area contributed by atoms with Gasteiger partial charge in [-0.25, -0.2) is 0 Å². The van der Waals surface area contributed by atoms with E-state index in [0.717, 1.165) is 28.8 Å². The number of aromatic nitrogens is 1. The number of alkyl halides is 3. The lowest BCUT2D eigenvalue weighted by molar-refractivity contribution is -0.137. The van der Waals surface area contributed by atoms with Gasteiger partial charge in [-0.15, -0.1) is 11.3 Å². The van der Waals surface area contributed by atoms with E-state index < -0.39 is 11.7 Å². The van der Waals surface area contributed by atoms with Gasteiger partial charge < -0.3 is 9.88 Å². The molecule has 0 saturated carbocycles. The number of aryl methyl sites for hydroxylation is 2. The average molecular weight is 380 g/mol. The predicted octanol–water partition coefficient (Wildman–Crippen LogP) is 5.37. The van der Waals surface area contributed by atoms with E-state index in [1.54, 1.807) is 17.4 Å². The molecule has 3 nitrogen and oxygen atoms in total. The van der Waals surface area contributed by atoms with Gasteiger partial charge in [0, 0.05) is 18.0 Å². The number of hydrogen-bond donors (Lipinski definition) is 1. The van der Waals surface area contributed by atoms with Crippen molar-refractivity contribution in [3.63, 3.8) is 0 Å². The SMILES string of the molecule is CCCn1c(C(=O)NCc2cccc(C(F)(F)F)c2)cc2sc(C)cc21. The molecule has 0 fully saturated rings. The van der Waals surface area contributed by atoms with Gasteiger partial charge in [0.15, 0.2) is 0 Å². The number of rotatable bonds is 5. The van der Waals surface area contributed by atoms with Gasteiger partial charge in [0.2, 0.25) is 0 Å². The smallest absolute Gasteiger partial charge is 0.347 e. The van der Waals surface area contributed by atoms with Gasteiger partial charge in [-0.3, -0.25) is 4.79 Å². The maximum absolute atomic E-state index is 12.8. The normalized spacial score (nSPS) is 11.9. The molecule has 0 atom stereocenters. The van der Waals surface area contributed by atoms with Crippen molar-refractivity contribution in [3.05, 3.63) is 58.1 Å². The van der Waals surface area contributed by atoms with Gasteiger partial charge in [0.25, 0.3) is 5.91 Å².